The Hall–Kier alpha value is -1.72. The topological polar surface area (TPSA) is 62.2 Å². The molecule has 1 atom stereocenters. The molecular weight excluding hydrogens is 308 g/mol. The third-order valence-corrected chi connectivity index (χ3v) is 4.63. The zero-order valence-corrected chi connectivity index (χ0v) is 14.7. The van der Waals surface area contributed by atoms with Crippen LogP contribution in [0.4, 0.5) is 0 Å². The molecule has 23 heavy (non-hydrogen) atoms. The van der Waals surface area contributed by atoms with Crippen LogP contribution in [0.5, 0.6) is 0 Å². The molecule has 0 aliphatic carbocycles. The summed E-state index contributed by atoms with van der Waals surface area (Å²) in [5, 5.41) is 15.4. The fraction of sp³-hybridized carbons (Fsp3) is 0.444. The largest absolute Gasteiger partial charge is 0.393 e. The van der Waals surface area contributed by atoms with E-state index in [2.05, 4.69) is 29.4 Å². The summed E-state index contributed by atoms with van der Waals surface area (Å²) >= 11 is 1.55. The van der Waals surface area contributed by atoms with Crippen LogP contribution in [-0.2, 0) is 11.2 Å². The Labute approximate surface area is 141 Å². The normalized spacial score (nSPS) is 12.4. The van der Waals surface area contributed by atoms with Crippen LogP contribution < -0.4 is 5.32 Å². The molecule has 1 aromatic carbocycles. The van der Waals surface area contributed by atoms with E-state index in [0.29, 0.717) is 13.0 Å². The minimum absolute atomic E-state index is 0.0537. The number of aliphatic hydroxyl groups is 1. The van der Waals surface area contributed by atoms with Crippen molar-refractivity contribution in [1.29, 1.82) is 0 Å². The van der Waals surface area contributed by atoms with Gasteiger partial charge in [-0.15, -0.1) is 11.3 Å². The van der Waals surface area contributed by atoms with Gasteiger partial charge in [-0.2, -0.15) is 0 Å². The van der Waals surface area contributed by atoms with Gasteiger partial charge in [-0.3, -0.25) is 4.79 Å². The Kier molecular flexibility index (Phi) is 6.30. The first-order valence-corrected chi connectivity index (χ1v) is 8.80. The molecule has 124 valence electrons. The molecule has 0 bridgehead atoms. The first-order chi connectivity index (χ1) is 11.0. The molecule has 1 heterocycles. The van der Waals surface area contributed by atoms with Crippen molar-refractivity contribution < 1.29 is 9.90 Å². The molecule has 2 aromatic rings. The minimum Gasteiger partial charge on any atom is -0.393 e. The summed E-state index contributed by atoms with van der Waals surface area (Å²) in [6.45, 7) is 6.48. The van der Waals surface area contributed by atoms with Crippen molar-refractivity contribution in [1.82, 2.24) is 10.3 Å². The molecule has 0 fully saturated rings. The molecule has 0 saturated carbocycles. The summed E-state index contributed by atoms with van der Waals surface area (Å²) in [6, 6.07) is 8.19. The molecule has 0 radical (unpaired) electrons. The van der Waals surface area contributed by atoms with Crippen LogP contribution in [0.25, 0.3) is 10.6 Å². The number of carbonyl (C=O) groups is 1. The van der Waals surface area contributed by atoms with Crippen LogP contribution >= 0.6 is 11.3 Å². The summed E-state index contributed by atoms with van der Waals surface area (Å²) in [4.78, 5) is 16.5. The molecule has 0 aliphatic rings. The Morgan fingerprint density at radius 3 is 2.87 bits per heavy atom. The van der Waals surface area contributed by atoms with Crippen LogP contribution in [0.3, 0.4) is 0 Å². The molecule has 2 N–H and O–H groups in total. The first kappa shape index (κ1) is 17.6. The SMILES string of the molecule is Cc1cccc(-c2nc(CC(=O)NCCC(O)C(C)C)cs2)c1. The van der Waals surface area contributed by atoms with Gasteiger partial charge in [0.1, 0.15) is 5.01 Å². The Morgan fingerprint density at radius 1 is 1.39 bits per heavy atom. The first-order valence-electron chi connectivity index (χ1n) is 7.92. The second kappa shape index (κ2) is 8.22. The predicted octanol–water partition coefficient (Wildman–Crippen LogP) is 3.18. The number of aromatic nitrogens is 1. The summed E-state index contributed by atoms with van der Waals surface area (Å²) in [5.74, 6) is 0.157. The van der Waals surface area contributed by atoms with Gasteiger partial charge in [0.25, 0.3) is 0 Å². The van der Waals surface area contributed by atoms with Gasteiger partial charge < -0.3 is 10.4 Å². The number of aliphatic hydroxyl groups excluding tert-OH is 1. The van der Waals surface area contributed by atoms with E-state index in [0.717, 1.165) is 16.3 Å². The number of hydrogen-bond acceptors (Lipinski definition) is 4. The van der Waals surface area contributed by atoms with Gasteiger partial charge in [0.15, 0.2) is 0 Å². The number of amides is 1. The fourth-order valence-electron chi connectivity index (χ4n) is 2.22. The van der Waals surface area contributed by atoms with Gasteiger partial charge in [0.05, 0.1) is 18.2 Å². The molecule has 0 saturated heterocycles. The van der Waals surface area contributed by atoms with Gasteiger partial charge in [-0.25, -0.2) is 4.98 Å². The van der Waals surface area contributed by atoms with Crippen molar-refractivity contribution in [3.63, 3.8) is 0 Å². The lowest BCUT2D eigenvalue weighted by Crippen LogP contribution is -2.29. The number of hydrogen-bond donors (Lipinski definition) is 2. The molecular formula is C18H24N2O2S. The number of aryl methyl sites for hydroxylation is 1. The highest BCUT2D eigenvalue weighted by molar-refractivity contribution is 7.13. The zero-order chi connectivity index (χ0) is 16.8. The highest BCUT2D eigenvalue weighted by atomic mass is 32.1. The van der Waals surface area contributed by atoms with Gasteiger partial charge >= 0.3 is 0 Å². The van der Waals surface area contributed by atoms with Crippen LogP contribution in [0.2, 0.25) is 0 Å². The van der Waals surface area contributed by atoms with E-state index in [4.69, 9.17) is 0 Å². The number of nitrogens with zero attached hydrogens (tertiary/aromatic N) is 1. The Balaban J connectivity index is 1.85. The molecule has 1 amide bonds. The van der Waals surface area contributed by atoms with E-state index in [1.54, 1.807) is 11.3 Å². The summed E-state index contributed by atoms with van der Waals surface area (Å²) in [6.07, 6.45) is 0.484. The second-order valence-corrected chi connectivity index (χ2v) is 7.00. The van der Waals surface area contributed by atoms with Crippen molar-refractivity contribution in [2.24, 2.45) is 5.92 Å². The van der Waals surface area contributed by atoms with E-state index < -0.39 is 0 Å². The van der Waals surface area contributed by atoms with E-state index in [-0.39, 0.29) is 24.3 Å². The smallest absolute Gasteiger partial charge is 0.226 e. The minimum atomic E-state index is -0.373. The van der Waals surface area contributed by atoms with Crippen LogP contribution in [0, 0.1) is 12.8 Å². The average molecular weight is 332 g/mol. The van der Waals surface area contributed by atoms with E-state index in [1.807, 2.05) is 31.4 Å². The van der Waals surface area contributed by atoms with Crippen LogP contribution in [0.1, 0.15) is 31.5 Å². The Bertz CT molecular complexity index is 652. The van der Waals surface area contributed by atoms with Crippen molar-refractivity contribution >= 4 is 17.2 Å². The lowest BCUT2D eigenvalue weighted by molar-refractivity contribution is -0.120. The number of benzene rings is 1. The maximum atomic E-state index is 11.9. The van der Waals surface area contributed by atoms with E-state index in [9.17, 15) is 9.90 Å². The molecule has 1 unspecified atom stereocenters. The van der Waals surface area contributed by atoms with Crippen molar-refractivity contribution in [2.75, 3.05) is 6.54 Å². The lowest BCUT2D eigenvalue weighted by atomic mass is 10.0. The monoisotopic (exact) mass is 332 g/mol. The van der Waals surface area contributed by atoms with E-state index in [1.165, 1.54) is 5.56 Å². The van der Waals surface area contributed by atoms with Gasteiger partial charge in [-0.05, 0) is 25.3 Å². The fourth-order valence-corrected chi connectivity index (χ4v) is 3.04. The van der Waals surface area contributed by atoms with Crippen molar-refractivity contribution in [3.8, 4) is 10.6 Å². The van der Waals surface area contributed by atoms with Crippen molar-refractivity contribution in [3.05, 3.63) is 40.9 Å². The maximum Gasteiger partial charge on any atom is 0.226 e. The maximum absolute atomic E-state index is 11.9. The highest BCUT2D eigenvalue weighted by Crippen LogP contribution is 2.24. The number of rotatable bonds is 7. The summed E-state index contributed by atoms with van der Waals surface area (Å²) < 4.78 is 0. The molecule has 0 aliphatic heterocycles. The van der Waals surface area contributed by atoms with E-state index >= 15 is 0 Å². The van der Waals surface area contributed by atoms with Gasteiger partial charge in [0.2, 0.25) is 5.91 Å². The molecule has 1 aromatic heterocycles. The third kappa shape index (κ3) is 5.44. The van der Waals surface area contributed by atoms with Gasteiger partial charge in [0, 0.05) is 17.5 Å². The Morgan fingerprint density at radius 2 is 2.17 bits per heavy atom. The predicted molar refractivity (Wildman–Crippen MR) is 94.5 cm³/mol. The molecule has 2 rings (SSSR count). The molecule has 0 spiro atoms. The highest BCUT2D eigenvalue weighted by Gasteiger charge is 2.11. The third-order valence-electron chi connectivity index (χ3n) is 3.69. The lowest BCUT2D eigenvalue weighted by Gasteiger charge is -2.14. The van der Waals surface area contributed by atoms with Crippen molar-refractivity contribution in [2.45, 2.75) is 39.7 Å². The number of carbonyl (C=O) groups excluding carboxylic acids is 1. The molecule has 5 heteroatoms. The quantitative estimate of drug-likeness (QED) is 0.818. The summed E-state index contributed by atoms with van der Waals surface area (Å²) in [7, 11) is 0. The number of thiazole rings is 1. The van der Waals surface area contributed by atoms with Crippen LogP contribution in [-0.4, -0.2) is 28.6 Å². The number of nitrogens with one attached hydrogen (secondary N) is 1. The van der Waals surface area contributed by atoms with Crippen LogP contribution in [0.15, 0.2) is 29.6 Å². The zero-order valence-electron chi connectivity index (χ0n) is 13.9. The standard InChI is InChI=1S/C18H24N2O2S/c1-12(2)16(21)7-8-19-17(22)10-15-11-23-18(20-15)14-6-4-5-13(3)9-14/h4-6,9,11-12,16,21H,7-8,10H2,1-3H3,(H,19,22). The summed E-state index contributed by atoms with van der Waals surface area (Å²) in [5.41, 5.74) is 3.07. The molecule has 4 nitrogen and oxygen atoms in total. The second-order valence-electron chi connectivity index (χ2n) is 6.14. The average Bonchev–Trinajstić information content (AvgIpc) is 2.95. The van der Waals surface area contributed by atoms with Gasteiger partial charge in [-0.1, -0.05) is 37.6 Å².